The molecule has 0 aromatic heterocycles. The highest BCUT2D eigenvalue weighted by Crippen LogP contribution is 2.41. The SMILES string of the molecule is C[S+](C)Oc1ccc(O)cc1.FC(F)(F)c1cc([B-](c2cc(C(F)(F)F)cc(C(F)(F)F)c2)(c2cc(C(F)(F)F)cc(C(F)(F)F)c2)c2cc(C(F)(F)F)cc(C(F)(F)F)c2)cc(C(F)(F)F)c1. The maximum atomic E-state index is 14.2. The zero-order chi connectivity index (χ0) is 52.2. The lowest BCUT2D eigenvalue weighted by atomic mass is 9.12. The van der Waals surface area contributed by atoms with Gasteiger partial charge in [-0.05, 0) is 48.5 Å². The third kappa shape index (κ3) is 12.9. The normalized spacial score (nSPS) is 13.6. The molecule has 5 aromatic rings. The first-order valence-corrected chi connectivity index (χ1v) is 19.8. The lowest BCUT2D eigenvalue weighted by molar-refractivity contribution is -0.144. The second-order valence-electron chi connectivity index (χ2n) is 14.5. The Morgan fingerprint density at radius 3 is 0.647 bits per heavy atom. The van der Waals surface area contributed by atoms with Crippen molar-refractivity contribution < 1.29 is 115 Å². The van der Waals surface area contributed by atoms with Gasteiger partial charge in [-0.15, -0.1) is 0 Å². The van der Waals surface area contributed by atoms with Crippen molar-refractivity contribution in [3.05, 3.63) is 142 Å². The van der Waals surface area contributed by atoms with Crippen molar-refractivity contribution in [3.63, 3.8) is 0 Å². The van der Waals surface area contributed by atoms with Gasteiger partial charge in [-0.3, -0.25) is 4.18 Å². The molecule has 0 amide bonds. The third-order valence-corrected chi connectivity index (χ3v) is 10.1. The fourth-order valence-corrected chi connectivity index (χ4v) is 7.26. The summed E-state index contributed by atoms with van der Waals surface area (Å²) in [5.74, 6) is 1.07. The van der Waals surface area contributed by atoms with Gasteiger partial charge in [0.2, 0.25) is 0 Å². The molecule has 0 spiro atoms. The van der Waals surface area contributed by atoms with Crippen molar-refractivity contribution in [3.8, 4) is 11.5 Å². The predicted molar refractivity (Wildman–Crippen MR) is 198 cm³/mol. The molecule has 0 aliphatic rings. The second-order valence-corrected chi connectivity index (χ2v) is 16.2. The van der Waals surface area contributed by atoms with Crippen LogP contribution in [0.3, 0.4) is 0 Å². The number of rotatable bonds is 6. The number of alkyl halides is 24. The van der Waals surface area contributed by atoms with E-state index in [2.05, 4.69) is 0 Å². The highest BCUT2D eigenvalue weighted by Gasteiger charge is 2.47. The molecule has 0 saturated carbocycles. The number of hydrogen-bond donors (Lipinski definition) is 1. The third-order valence-electron chi connectivity index (χ3n) is 9.54. The topological polar surface area (TPSA) is 29.5 Å². The van der Waals surface area contributed by atoms with Crippen LogP contribution in [-0.2, 0) is 60.6 Å². The molecular weight excluding hydrogens is 1010 g/mol. The lowest BCUT2D eigenvalue weighted by Gasteiger charge is -2.46. The number of hydrogen-bond acceptors (Lipinski definition) is 2. The highest BCUT2D eigenvalue weighted by atomic mass is 32.2. The molecule has 0 bridgehead atoms. The van der Waals surface area contributed by atoms with Gasteiger partial charge in [0.1, 0.15) is 24.4 Å². The lowest BCUT2D eigenvalue weighted by Crippen LogP contribution is -2.75. The van der Waals surface area contributed by atoms with E-state index in [1.807, 2.05) is 12.5 Å². The molecule has 0 radical (unpaired) electrons. The maximum absolute atomic E-state index is 14.2. The first-order valence-electron chi connectivity index (χ1n) is 17.9. The average Bonchev–Trinajstić information content (AvgIpc) is 3.16. The van der Waals surface area contributed by atoms with Gasteiger partial charge in [0, 0.05) is 0 Å². The maximum Gasteiger partial charge on any atom is 0.416 e. The van der Waals surface area contributed by atoms with Gasteiger partial charge >= 0.3 is 49.4 Å². The fraction of sp³-hybridized carbons (Fsp3) is 0.250. The summed E-state index contributed by atoms with van der Waals surface area (Å²) in [4.78, 5) is 0. The Kier molecular flexibility index (Phi) is 14.9. The van der Waals surface area contributed by atoms with Crippen molar-refractivity contribution in [2.24, 2.45) is 0 Å². The Bertz CT molecular complexity index is 2140. The molecule has 68 heavy (non-hydrogen) atoms. The number of halogens is 24. The Hall–Kier alpha value is -5.57. The van der Waals surface area contributed by atoms with Gasteiger partial charge in [0.05, 0.1) is 44.5 Å². The van der Waals surface area contributed by atoms with Crippen LogP contribution in [-0.4, -0.2) is 23.8 Å². The van der Waals surface area contributed by atoms with Crippen LogP contribution < -0.4 is 26.0 Å². The Morgan fingerprint density at radius 1 is 0.324 bits per heavy atom. The van der Waals surface area contributed by atoms with E-state index in [9.17, 15) is 105 Å². The van der Waals surface area contributed by atoms with Gasteiger partial charge in [0.25, 0.3) is 0 Å². The zero-order valence-electron chi connectivity index (χ0n) is 33.1. The fourth-order valence-electron chi connectivity index (χ4n) is 6.76. The average molecular weight is 1030 g/mol. The molecule has 0 unspecified atom stereocenters. The summed E-state index contributed by atoms with van der Waals surface area (Å²) in [6, 6.07) is -2.08. The summed E-state index contributed by atoms with van der Waals surface area (Å²) in [5, 5.41) is 8.94. The largest absolute Gasteiger partial charge is 0.508 e. The van der Waals surface area contributed by atoms with Gasteiger partial charge in [-0.25, -0.2) is 0 Å². The van der Waals surface area contributed by atoms with Gasteiger partial charge < -0.3 is 5.11 Å². The molecule has 0 aliphatic carbocycles. The van der Waals surface area contributed by atoms with Gasteiger partial charge in [0.15, 0.2) is 16.9 Å². The van der Waals surface area contributed by atoms with Crippen LogP contribution in [0.15, 0.2) is 97.1 Å². The van der Waals surface area contributed by atoms with Crippen LogP contribution in [0, 0.1) is 0 Å². The monoisotopic (exact) mass is 1030 g/mol. The molecule has 2 nitrogen and oxygen atoms in total. The molecule has 372 valence electrons. The number of benzene rings is 5. The minimum absolute atomic E-state index is 0.0548. The molecule has 0 aliphatic heterocycles. The Labute approximate surface area is 368 Å². The molecular formula is C40H23BF24O2S. The predicted octanol–water partition coefficient (Wildman–Crippen LogP) is 12.8. The molecule has 0 heterocycles. The summed E-state index contributed by atoms with van der Waals surface area (Å²) < 4.78 is 346. The van der Waals surface area contributed by atoms with E-state index in [0.29, 0.717) is 0 Å². The minimum Gasteiger partial charge on any atom is -0.508 e. The molecule has 0 atom stereocenters. The van der Waals surface area contributed by atoms with Crippen molar-refractivity contribution >= 4 is 39.2 Å². The van der Waals surface area contributed by atoms with E-state index < -0.39 is 195 Å². The number of phenolic OH excluding ortho intramolecular Hbond substituents is 1. The van der Waals surface area contributed by atoms with Crippen molar-refractivity contribution in [2.45, 2.75) is 49.4 Å². The van der Waals surface area contributed by atoms with Gasteiger partial charge in [-0.2, -0.15) is 127 Å². The summed E-state index contributed by atoms with van der Waals surface area (Å²) in [7, 11) is 0. The number of phenols is 1. The molecule has 0 saturated heterocycles. The standard InChI is InChI=1S/C32H12BF24.C8H10O2S/c34-25(35,36)13-1-14(26(37,38)39)6-21(5-13)33(22-7-15(27(40,41)42)2-16(8-22)28(43,44)45,23-9-17(29(46,47)48)3-18(10-23)30(49,50)51)24-11-19(31(52,53)54)4-20(12-24)32(55,56)57;1-11(2)10-8-5-3-7(9)4-6-8/h1-12H;3-6H,1-2H3/q-1;/p+1. The number of aromatic hydroxyl groups is 1. The molecule has 5 rings (SSSR count). The van der Waals surface area contributed by atoms with Crippen LogP contribution in [0.2, 0.25) is 0 Å². The quantitative estimate of drug-likeness (QED) is 0.104. The Morgan fingerprint density at radius 2 is 0.500 bits per heavy atom. The van der Waals surface area contributed by atoms with E-state index in [4.69, 9.17) is 9.29 Å². The minimum atomic E-state index is -6.13. The van der Waals surface area contributed by atoms with Crippen LogP contribution in [0.4, 0.5) is 105 Å². The summed E-state index contributed by atoms with van der Waals surface area (Å²) in [6.07, 6.45) is -50.8. The van der Waals surface area contributed by atoms with Crippen molar-refractivity contribution in [1.82, 2.24) is 0 Å². The van der Waals surface area contributed by atoms with Crippen LogP contribution in [0.1, 0.15) is 44.5 Å². The molecule has 0 fully saturated rings. The van der Waals surface area contributed by atoms with E-state index in [1.165, 1.54) is 0 Å². The van der Waals surface area contributed by atoms with Crippen LogP contribution >= 0.6 is 0 Å². The smallest absolute Gasteiger partial charge is 0.416 e. The zero-order valence-corrected chi connectivity index (χ0v) is 34.0. The van der Waals surface area contributed by atoms with Crippen LogP contribution in [0.5, 0.6) is 11.5 Å². The highest BCUT2D eigenvalue weighted by molar-refractivity contribution is 7.91. The first-order chi connectivity index (χ1) is 30.4. The molecule has 1 N–H and O–H groups in total. The summed E-state index contributed by atoms with van der Waals surface area (Å²) in [6.45, 7) is 0. The van der Waals surface area contributed by atoms with E-state index in [0.717, 1.165) is 5.75 Å². The van der Waals surface area contributed by atoms with E-state index in [-0.39, 0.29) is 16.9 Å². The van der Waals surface area contributed by atoms with Crippen LogP contribution in [0.25, 0.3) is 0 Å². The second kappa shape index (κ2) is 18.4. The first kappa shape index (κ1) is 55.0. The molecule has 28 heteroatoms. The Balaban J connectivity index is 0.000000802. The van der Waals surface area contributed by atoms with Crippen molar-refractivity contribution in [1.29, 1.82) is 0 Å². The van der Waals surface area contributed by atoms with E-state index in [1.54, 1.807) is 24.3 Å². The van der Waals surface area contributed by atoms with E-state index >= 15 is 0 Å². The molecule has 5 aromatic carbocycles. The van der Waals surface area contributed by atoms with Gasteiger partial charge in [-0.1, -0.05) is 48.5 Å². The van der Waals surface area contributed by atoms with Crippen molar-refractivity contribution in [2.75, 3.05) is 12.5 Å². The summed E-state index contributed by atoms with van der Waals surface area (Å²) >= 11 is -0.0548. The summed E-state index contributed by atoms with van der Waals surface area (Å²) in [5.41, 5.74) is -30.2.